The zero-order chi connectivity index (χ0) is 21.0. The fourth-order valence-corrected chi connectivity index (χ4v) is 3.26. The summed E-state index contributed by atoms with van der Waals surface area (Å²) < 4.78 is 23.2. The van der Waals surface area contributed by atoms with Crippen molar-refractivity contribution < 1.29 is 13.7 Å². The van der Waals surface area contributed by atoms with Gasteiger partial charge in [0.2, 0.25) is 0 Å². The van der Waals surface area contributed by atoms with E-state index in [9.17, 15) is 4.21 Å². The third-order valence-corrected chi connectivity index (χ3v) is 5.87. The lowest BCUT2D eigenvalue weighted by atomic mass is 10.1. The highest BCUT2D eigenvalue weighted by Gasteiger charge is 2.18. The van der Waals surface area contributed by atoms with Gasteiger partial charge in [0.15, 0.2) is 5.96 Å². The van der Waals surface area contributed by atoms with Crippen molar-refractivity contribution in [2.75, 3.05) is 38.7 Å². The van der Waals surface area contributed by atoms with E-state index in [0.29, 0.717) is 44.6 Å². The van der Waals surface area contributed by atoms with Crippen LogP contribution in [0.25, 0.3) is 0 Å². The predicted molar refractivity (Wildman–Crippen MR) is 119 cm³/mol. The lowest BCUT2D eigenvalue weighted by Gasteiger charge is -2.18. The van der Waals surface area contributed by atoms with Crippen LogP contribution < -0.4 is 15.4 Å². The van der Waals surface area contributed by atoms with Gasteiger partial charge in [-0.15, -0.1) is 0 Å². The number of aryl methyl sites for hydroxylation is 1. The number of hydrogen-bond acceptors (Lipinski definition) is 4. The van der Waals surface area contributed by atoms with Crippen LogP contribution in [0, 0.1) is 6.92 Å². The van der Waals surface area contributed by atoms with Crippen LogP contribution in [0.4, 0.5) is 0 Å². The minimum Gasteiger partial charge on any atom is -0.491 e. The molecular formula is C21H37N3O3S. The lowest BCUT2D eigenvalue weighted by molar-refractivity contribution is 0.110. The van der Waals surface area contributed by atoms with Crippen LogP contribution in [0.5, 0.6) is 5.75 Å². The van der Waals surface area contributed by atoms with Crippen LogP contribution >= 0.6 is 0 Å². The van der Waals surface area contributed by atoms with Crippen LogP contribution in [-0.4, -0.2) is 53.6 Å². The van der Waals surface area contributed by atoms with Gasteiger partial charge < -0.3 is 20.1 Å². The molecule has 0 saturated heterocycles. The molecule has 0 bridgehead atoms. The molecule has 0 aliphatic carbocycles. The Balaban J connectivity index is 2.71. The van der Waals surface area contributed by atoms with Crippen molar-refractivity contribution in [3.8, 4) is 5.75 Å². The molecule has 0 saturated carbocycles. The number of aliphatic imine (C=N–C) groups is 1. The minimum absolute atomic E-state index is 0.202. The monoisotopic (exact) mass is 411 g/mol. The zero-order valence-electron chi connectivity index (χ0n) is 18.3. The van der Waals surface area contributed by atoms with Crippen LogP contribution in [0.3, 0.4) is 0 Å². The smallest absolute Gasteiger partial charge is 0.191 e. The Bertz CT molecular complexity index is 642. The predicted octanol–water partition coefficient (Wildman–Crippen LogP) is 3.01. The highest BCUT2D eigenvalue weighted by atomic mass is 32.2. The molecule has 0 aliphatic rings. The number of rotatable bonds is 11. The molecule has 1 unspecified atom stereocenters. The molecule has 0 aromatic heterocycles. The normalized spacial score (nSPS) is 13.3. The Kier molecular flexibility index (Phi) is 11.2. The number of nitrogens with zero attached hydrogens (tertiary/aromatic N) is 1. The van der Waals surface area contributed by atoms with E-state index < -0.39 is 10.8 Å². The molecule has 160 valence electrons. The second kappa shape index (κ2) is 12.8. The van der Waals surface area contributed by atoms with Crippen molar-refractivity contribution >= 4 is 16.8 Å². The van der Waals surface area contributed by atoms with Gasteiger partial charge in [-0.2, -0.15) is 0 Å². The third kappa shape index (κ3) is 9.55. The van der Waals surface area contributed by atoms with Gasteiger partial charge in [0.05, 0.1) is 13.2 Å². The fourth-order valence-electron chi connectivity index (χ4n) is 2.36. The molecule has 1 aromatic carbocycles. The Morgan fingerprint density at radius 3 is 2.57 bits per heavy atom. The molecule has 2 N–H and O–H groups in total. The summed E-state index contributed by atoms with van der Waals surface area (Å²) in [5.74, 6) is 2.15. The average Bonchev–Trinajstić information content (AvgIpc) is 2.63. The van der Waals surface area contributed by atoms with Gasteiger partial charge in [0.1, 0.15) is 12.4 Å². The van der Waals surface area contributed by atoms with Gasteiger partial charge in [-0.1, -0.05) is 12.1 Å². The first-order valence-electron chi connectivity index (χ1n) is 9.98. The molecule has 1 atom stereocenters. The van der Waals surface area contributed by atoms with Crippen LogP contribution in [0.15, 0.2) is 23.2 Å². The maximum Gasteiger partial charge on any atom is 0.191 e. The highest BCUT2D eigenvalue weighted by Crippen LogP contribution is 2.21. The number of guanidine groups is 1. The third-order valence-electron chi connectivity index (χ3n) is 3.93. The van der Waals surface area contributed by atoms with Crippen molar-refractivity contribution in [3.63, 3.8) is 0 Å². The number of benzene rings is 1. The van der Waals surface area contributed by atoms with Gasteiger partial charge in [0.25, 0.3) is 0 Å². The zero-order valence-corrected chi connectivity index (χ0v) is 19.1. The summed E-state index contributed by atoms with van der Waals surface area (Å²) in [6, 6.07) is 6.14. The second-order valence-corrected chi connectivity index (χ2v) is 9.76. The molecule has 0 amide bonds. The van der Waals surface area contributed by atoms with Crippen LogP contribution in [-0.2, 0) is 22.1 Å². The van der Waals surface area contributed by atoms with Gasteiger partial charge in [-0.3, -0.25) is 4.21 Å². The topological polar surface area (TPSA) is 72.0 Å². The number of hydrogen-bond donors (Lipinski definition) is 2. The quantitative estimate of drug-likeness (QED) is 0.333. The molecule has 0 spiro atoms. The summed E-state index contributed by atoms with van der Waals surface area (Å²) in [7, 11) is -0.887. The molecule has 0 fully saturated rings. The van der Waals surface area contributed by atoms with E-state index in [1.165, 1.54) is 0 Å². The molecule has 28 heavy (non-hydrogen) atoms. The van der Waals surface area contributed by atoms with E-state index in [-0.39, 0.29) is 4.75 Å². The number of ether oxygens (including phenoxy) is 2. The summed E-state index contributed by atoms with van der Waals surface area (Å²) in [5, 5.41) is 6.50. The Labute approximate surface area is 173 Å². The first-order chi connectivity index (χ1) is 13.3. The molecule has 7 heteroatoms. The summed E-state index contributed by atoms with van der Waals surface area (Å²) in [6.07, 6.45) is 0. The summed E-state index contributed by atoms with van der Waals surface area (Å²) in [6.45, 7) is 15.7. The van der Waals surface area contributed by atoms with E-state index in [4.69, 9.17) is 9.47 Å². The summed E-state index contributed by atoms with van der Waals surface area (Å²) >= 11 is 0. The first-order valence-corrected chi connectivity index (χ1v) is 11.3. The second-order valence-electron chi connectivity index (χ2n) is 7.44. The SMILES string of the molecule is CCNC(=NCc1ccc(C)cc1OCCOCC)NCCS(=O)C(C)(C)C. The van der Waals surface area contributed by atoms with Crippen LogP contribution in [0.1, 0.15) is 45.7 Å². The van der Waals surface area contributed by atoms with Crippen molar-refractivity contribution in [2.45, 2.75) is 52.8 Å². The Hall–Kier alpha value is -1.60. The molecule has 0 radical (unpaired) electrons. The molecule has 1 rings (SSSR count). The maximum absolute atomic E-state index is 12.2. The maximum atomic E-state index is 12.2. The average molecular weight is 412 g/mol. The van der Waals surface area contributed by atoms with Gasteiger partial charge in [-0.25, -0.2) is 4.99 Å². The Morgan fingerprint density at radius 2 is 1.93 bits per heavy atom. The fraction of sp³-hybridized carbons (Fsp3) is 0.667. The van der Waals surface area contributed by atoms with Crippen molar-refractivity contribution in [2.24, 2.45) is 4.99 Å². The summed E-state index contributed by atoms with van der Waals surface area (Å²) in [5.41, 5.74) is 2.17. The van der Waals surface area contributed by atoms with Crippen molar-refractivity contribution in [1.29, 1.82) is 0 Å². The van der Waals surface area contributed by atoms with E-state index in [1.807, 2.05) is 53.7 Å². The van der Waals surface area contributed by atoms with E-state index in [2.05, 4.69) is 21.7 Å². The van der Waals surface area contributed by atoms with E-state index >= 15 is 0 Å². The first kappa shape index (κ1) is 24.4. The lowest BCUT2D eigenvalue weighted by Crippen LogP contribution is -2.40. The molecule has 1 aromatic rings. The van der Waals surface area contributed by atoms with Gasteiger partial charge in [0, 0.05) is 46.6 Å². The molecule has 0 aliphatic heterocycles. The standard InChI is InChI=1S/C21H37N3O3S/c1-7-22-20(23-11-14-28(25)21(4,5)6)24-16-18-10-9-17(3)15-19(18)27-13-12-26-8-2/h9-10,15H,7-8,11-14,16H2,1-6H3,(H2,22,23,24). The summed E-state index contributed by atoms with van der Waals surface area (Å²) in [4.78, 5) is 4.66. The number of nitrogens with one attached hydrogen (secondary N) is 2. The van der Waals surface area contributed by atoms with Gasteiger partial charge in [-0.05, 0) is 53.2 Å². The molecule has 0 heterocycles. The van der Waals surface area contributed by atoms with Crippen molar-refractivity contribution in [3.05, 3.63) is 29.3 Å². The van der Waals surface area contributed by atoms with E-state index in [1.54, 1.807) is 0 Å². The van der Waals surface area contributed by atoms with Crippen LogP contribution in [0.2, 0.25) is 0 Å². The highest BCUT2D eigenvalue weighted by molar-refractivity contribution is 7.86. The molecular weight excluding hydrogens is 374 g/mol. The largest absolute Gasteiger partial charge is 0.491 e. The Morgan fingerprint density at radius 1 is 1.18 bits per heavy atom. The van der Waals surface area contributed by atoms with Gasteiger partial charge >= 0.3 is 0 Å². The minimum atomic E-state index is -0.887. The van der Waals surface area contributed by atoms with Crippen molar-refractivity contribution in [1.82, 2.24) is 10.6 Å². The van der Waals surface area contributed by atoms with E-state index in [0.717, 1.165) is 23.4 Å². The molecule has 6 nitrogen and oxygen atoms in total.